The van der Waals surface area contributed by atoms with E-state index in [0.717, 1.165) is 48.1 Å². The van der Waals surface area contributed by atoms with Crippen LogP contribution in [0.1, 0.15) is 53.0 Å². The summed E-state index contributed by atoms with van der Waals surface area (Å²) in [4.78, 5) is 14.7. The molecule has 2 aromatic rings. The Kier molecular flexibility index (Phi) is 5.68. The molecule has 134 valence electrons. The molecule has 1 amide bonds. The summed E-state index contributed by atoms with van der Waals surface area (Å²) in [6, 6.07) is 7.32. The van der Waals surface area contributed by atoms with Crippen molar-refractivity contribution < 1.29 is 9.53 Å². The van der Waals surface area contributed by atoms with E-state index < -0.39 is 0 Å². The van der Waals surface area contributed by atoms with E-state index in [4.69, 9.17) is 4.74 Å². The van der Waals surface area contributed by atoms with Crippen LogP contribution in [0.2, 0.25) is 0 Å². The van der Waals surface area contributed by atoms with Gasteiger partial charge in [-0.25, -0.2) is 0 Å². The van der Waals surface area contributed by atoms with E-state index in [-0.39, 0.29) is 5.91 Å². The first-order valence-electron chi connectivity index (χ1n) is 8.82. The van der Waals surface area contributed by atoms with Crippen LogP contribution in [0.3, 0.4) is 0 Å². The summed E-state index contributed by atoms with van der Waals surface area (Å²) in [5.41, 5.74) is 0.708. The number of carbonyl (C=O) groups is 1. The lowest BCUT2D eigenvalue weighted by atomic mass is 9.98. The van der Waals surface area contributed by atoms with Gasteiger partial charge in [0.25, 0.3) is 5.91 Å². The van der Waals surface area contributed by atoms with Gasteiger partial charge in [0.05, 0.1) is 7.11 Å². The van der Waals surface area contributed by atoms with E-state index in [0.29, 0.717) is 17.4 Å². The van der Waals surface area contributed by atoms with Crippen molar-refractivity contribution in [2.75, 3.05) is 20.2 Å². The predicted molar refractivity (Wildman–Crippen MR) is 99.3 cm³/mol. The molecule has 0 spiro atoms. The second kappa shape index (κ2) is 7.95. The molecule has 1 saturated heterocycles. The summed E-state index contributed by atoms with van der Waals surface area (Å²) in [7, 11) is 1.63. The zero-order valence-corrected chi connectivity index (χ0v) is 15.9. The number of hydrogen-bond donors (Lipinski definition) is 0. The zero-order chi connectivity index (χ0) is 17.8. The van der Waals surface area contributed by atoms with Crippen LogP contribution in [-0.4, -0.2) is 41.2 Å². The SMILES string of the molecule is COc1ccc(C(=O)N2CCCC(c3nnc(CC(C)C)s3)C2)cc1. The van der Waals surface area contributed by atoms with Crippen LogP contribution >= 0.6 is 11.3 Å². The second-order valence-corrected chi connectivity index (χ2v) is 8.04. The van der Waals surface area contributed by atoms with E-state index in [2.05, 4.69) is 24.0 Å². The van der Waals surface area contributed by atoms with E-state index >= 15 is 0 Å². The van der Waals surface area contributed by atoms with Gasteiger partial charge in [-0.1, -0.05) is 13.8 Å². The molecule has 1 aromatic heterocycles. The molecule has 1 fully saturated rings. The Labute approximate surface area is 153 Å². The number of rotatable bonds is 5. The number of aromatic nitrogens is 2. The molecule has 1 aliphatic rings. The maximum atomic E-state index is 12.8. The number of likely N-dealkylation sites (tertiary alicyclic amines) is 1. The Hall–Kier alpha value is -1.95. The molecule has 0 bridgehead atoms. The fourth-order valence-electron chi connectivity index (χ4n) is 3.14. The van der Waals surface area contributed by atoms with Crippen LogP contribution < -0.4 is 4.74 Å². The average molecular weight is 359 g/mol. The molecule has 1 atom stereocenters. The highest BCUT2D eigenvalue weighted by Gasteiger charge is 2.27. The van der Waals surface area contributed by atoms with Gasteiger partial charge in [0, 0.05) is 31.0 Å². The summed E-state index contributed by atoms with van der Waals surface area (Å²) in [5.74, 6) is 1.73. The first-order chi connectivity index (χ1) is 12.1. The molecule has 0 saturated carbocycles. The number of benzene rings is 1. The minimum Gasteiger partial charge on any atom is -0.497 e. The van der Waals surface area contributed by atoms with E-state index in [1.54, 1.807) is 18.4 Å². The number of ether oxygens (including phenoxy) is 1. The van der Waals surface area contributed by atoms with Gasteiger partial charge in [-0.3, -0.25) is 4.79 Å². The summed E-state index contributed by atoms with van der Waals surface area (Å²) in [6.07, 6.45) is 3.05. The standard InChI is InChI=1S/C19H25N3O2S/c1-13(2)11-17-20-21-18(25-17)15-5-4-10-22(12-15)19(23)14-6-8-16(24-3)9-7-14/h6-9,13,15H,4-5,10-12H2,1-3H3. The molecule has 3 rings (SSSR count). The van der Waals surface area contributed by atoms with Gasteiger partial charge in [0.15, 0.2) is 0 Å². The van der Waals surface area contributed by atoms with Crippen LogP contribution in [0, 0.1) is 5.92 Å². The van der Waals surface area contributed by atoms with Crippen molar-refractivity contribution in [1.82, 2.24) is 15.1 Å². The highest BCUT2D eigenvalue weighted by molar-refractivity contribution is 7.11. The highest BCUT2D eigenvalue weighted by atomic mass is 32.1. The smallest absolute Gasteiger partial charge is 0.253 e. The predicted octanol–water partition coefficient (Wildman–Crippen LogP) is 3.77. The van der Waals surface area contributed by atoms with Crippen molar-refractivity contribution in [3.63, 3.8) is 0 Å². The minimum atomic E-state index is 0.0827. The lowest BCUT2D eigenvalue weighted by molar-refractivity contribution is 0.0707. The number of hydrogen-bond acceptors (Lipinski definition) is 5. The quantitative estimate of drug-likeness (QED) is 0.815. The van der Waals surface area contributed by atoms with Crippen LogP contribution in [0.4, 0.5) is 0 Å². The van der Waals surface area contributed by atoms with Crippen LogP contribution in [0.25, 0.3) is 0 Å². The molecule has 6 heteroatoms. The topological polar surface area (TPSA) is 55.3 Å². The number of carbonyl (C=O) groups excluding carboxylic acids is 1. The summed E-state index contributed by atoms with van der Waals surface area (Å²) in [6.45, 7) is 5.91. The normalized spacial score (nSPS) is 17.8. The summed E-state index contributed by atoms with van der Waals surface area (Å²) >= 11 is 1.71. The lowest BCUT2D eigenvalue weighted by Gasteiger charge is -2.31. The van der Waals surface area contributed by atoms with Gasteiger partial charge < -0.3 is 9.64 Å². The van der Waals surface area contributed by atoms with Crippen molar-refractivity contribution in [2.24, 2.45) is 5.92 Å². The maximum absolute atomic E-state index is 12.8. The molecule has 25 heavy (non-hydrogen) atoms. The van der Waals surface area contributed by atoms with Gasteiger partial charge in [0.2, 0.25) is 0 Å². The van der Waals surface area contributed by atoms with Crippen molar-refractivity contribution in [1.29, 1.82) is 0 Å². The van der Waals surface area contributed by atoms with Gasteiger partial charge >= 0.3 is 0 Å². The third-order valence-electron chi connectivity index (χ3n) is 4.46. The molecule has 0 radical (unpaired) electrons. The molecule has 2 heterocycles. The summed E-state index contributed by atoms with van der Waals surface area (Å²) < 4.78 is 5.16. The van der Waals surface area contributed by atoms with Gasteiger partial charge in [-0.05, 0) is 43.0 Å². The molecule has 5 nitrogen and oxygen atoms in total. The zero-order valence-electron chi connectivity index (χ0n) is 15.1. The minimum absolute atomic E-state index is 0.0827. The Morgan fingerprint density at radius 2 is 2.08 bits per heavy atom. The Balaban J connectivity index is 1.67. The van der Waals surface area contributed by atoms with E-state index in [9.17, 15) is 4.79 Å². The van der Waals surface area contributed by atoms with Crippen molar-refractivity contribution >= 4 is 17.2 Å². The lowest BCUT2D eigenvalue weighted by Crippen LogP contribution is -2.39. The molecular formula is C19H25N3O2S. The van der Waals surface area contributed by atoms with Crippen molar-refractivity contribution in [2.45, 2.75) is 39.0 Å². The first kappa shape index (κ1) is 17.9. The fraction of sp³-hybridized carbons (Fsp3) is 0.526. The fourth-order valence-corrected chi connectivity index (χ4v) is 4.32. The van der Waals surface area contributed by atoms with E-state index in [1.165, 1.54) is 0 Å². The Morgan fingerprint density at radius 3 is 2.76 bits per heavy atom. The molecule has 1 unspecified atom stereocenters. The number of amides is 1. The van der Waals surface area contributed by atoms with Gasteiger partial charge in [-0.15, -0.1) is 21.5 Å². The van der Waals surface area contributed by atoms with Gasteiger partial charge in [0.1, 0.15) is 15.8 Å². The third kappa shape index (κ3) is 4.37. The maximum Gasteiger partial charge on any atom is 0.253 e. The molecule has 0 aliphatic carbocycles. The highest BCUT2D eigenvalue weighted by Crippen LogP contribution is 2.30. The average Bonchev–Trinajstić information content (AvgIpc) is 3.09. The third-order valence-corrected chi connectivity index (χ3v) is 5.57. The summed E-state index contributed by atoms with van der Waals surface area (Å²) in [5, 5.41) is 10.9. The van der Waals surface area contributed by atoms with Crippen LogP contribution in [0.15, 0.2) is 24.3 Å². The Morgan fingerprint density at radius 1 is 1.32 bits per heavy atom. The van der Waals surface area contributed by atoms with Gasteiger partial charge in [-0.2, -0.15) is 0 Å². The molecule has 1 aromatic carbocycles. The second-order valence-electron chi connectivity index (χ2n) is 6.95. The van der Waals surface area contributed by atoms with Crippen LogP contribution in [0.5, 0.6) is 5.75 Å². The largest absolute Gasteiger partial charge is 0.497 e. The van der Waals surface area contributed by atoms with E-state index in [1.807, 2.05) is 29.2 Å². The monoisotopic (exact) mass is 359 g/mol. The number of nitrogens with zero attached hydrogens (tertiary/aromatic N) is 3. The molecule has 0 N–H and O–H groups in total. The molecule has 1 aliphatic heterocycles. The van der Waals surface area contributed by atoms with Crippen molar-refractivity contribution in [3.05, 3.63) is 39.8 Å². The Bertz CT molecular complexity index is 712. The first-order valence-corrected chi connectivity index (χ1v) is 9.64. The number of methoxy groups -OCH3 is 1. The number of piperidine rings is 1. The van der Waals surface area contributed by atoms with Crippen LogP contribution in [-0.2, 0) is 6.42 Å². The van der Waals surface area contributed by atoms with Crippen molar-refractivity contribution in [3.8, 4) is 5.75 Å². The molecular weight excluding hydrogens is 334 g/mol.